The summed E-state index contributed by atoms with van der Waals surface area (Å²) in [6.45, 7) is 0.394. The molecular formula is C34H38N2O10. The highest BCUT2D eigenvalue weighted by Gasteiger charge is 2.61. The Hall–Kier alpha value is -5.00. The van der Waals surface area contributed by atoms with Crippen LogP contribution in [0.25, 0.3) is 0 Å². The van der Waals surface area contributed by atoms with Gasteiger partial charge in [0.15, 0.2) is 23.0 Å². The number of amides is 4. The molecule has 46 heavy (non-hydrogen) atoms. The van der Waals surface area contributed by atoms with Crippen molar-refractivity contribution in [3.63, 3.8) is 0 Å². The largest absolute Gasteiger partial charge is 0.493 e. The van der Waals surface area contributed by atoms with Gasteiger partial charge in [0.1, 0.15) is 0 Å². The molecule has 5 rings (SSSR count). The molecule has 1 fully saturated rings. The van der Waals surface area contributed by atoms with Gasteiger partial charge in [0, 0.05) is 24.9 Å². The third kappa shape index (κ3) is 5.52. The predicted octanol–water partition coefficient (Wildman–Crippen LogP) is 3.48. The Morgan fingerprint density at radius 3 is 1.15 bits per heavy atom. The molecule has 1 aliphatic carbocycles. The average molecular weight is 635 g/mol. The monoisotopic (exact) mass is 634 g/mol. The van der Waals surface area contributed by atoms with E-state index in [4.69, 9.17) is 28.4 Å². The lowest BCUT2D eigenvalue weighted by atomic mass is 9.51. The molecule has 1 saturated carbocycles. The standard InChI is InChI=1S/C34H38N2O10/c1-41-21-15-19(16-22(42-2)31(21)45-5)27-29(33(39)35-13-9-7-11-25(35)37)28(30(27)34(40)36-14-10-8-12-26(36)38)20-17-23(43-3)32(46-6)24(18-20)44-4/h7-8,11-12,15-18,27-30H,9-10,13-14H2,1-6H3. The molecule has 0 bridgehead atoms. The summed E-state index contributed by atoms with van der Waals surface area (Å²) < 4.78 is 33.6. The highest BCUT2D eigenvalue weighted by molar-refractivity contribution is 6.06. The maximum absolute atomic E-state index is 14.5. The maximum Gasteiger partial charge on any atom is 0.252 e. The van der Waals surface area contributed by atoms with E-state index in [1.807, 2.05) is 0 Å². The summed E-state index contributed by atoms with van der Waals surface area (Å²) in [6, 6.07) is 6.81. The third-order valence-corrected chi connectivity index (χ3v) is 8.89. The minimum atomic E-state index is -0.912. The van der Waals surface area contributed by atoms with Gasteiger partial charge in [0.2, 0.25) is 23.3 Å². The SMILES string of the molecule is COc1cc(C2C(C(=O)N3CCC=CC3=O)C(c3cc(OC)c(OC)c(OC)c3)C2C(=O)N2CCC=CC2=O)cc(OC)c1OC. The van der Waals surface area contributed by atoms with E-state index in [1.165, 1.54) is 64.6 Å². The van der Waals surface area contributed by atoms with Crippen LogP contribution in [0.5, 0.6) is 34.5 Å². The first-order valence-electron chi connectivity index (χ1n) is 14.9. The highest BCUT2D eigenvalue weighted by atomic mass is 16.5. The number of carbonyl (C=O) groups excluding carboxylic acids is 4. The Kier molecular flexibility index (Phi) is 9.54. The molecule has 244 valence electrons. The normalized spacial score (nSPS) is 22.2. The predicted molar refractivity (Wildman–Crippen MR) is 166 cm³/mol. The number of methoxy groups -OCH3 is 6. The van der Waals surface area contributed by atoms with Crippen molar-refractivity contribution in [3.8, 4) is 34.5 Å². The van der Waals surface area contributed by atoms with E-state index in [-0.39, 0.29) is 13.1 Å². The molecule has 0 N–H and O–H groups in total. The van der Waals surface area contributed by atoms with Gasteiger partial charge in [-0.3, -0.25) is 29.0 Å². The quantitative estimate of drug-likeness (QED) is 0.358. The Bertz CT molecular complexity index is 1420. The lowest BCUT2D eigenvalue weighted by Gasteiger charge is -2.52. The summed E-state index contributed by atoms with van der Waals surface area (Å²) >= 11 is 0. The number of hydrogen-bond acceptors (Lipinski definition) is 10. The number of hydrogen-bond donors (Lipinski definition) is 0. The van der Waals surface area contributed by atoms with Crippen molar-refractivity contribution in [2.24, 2.45) is 11.8 Å². The van der Waals surface area contributed by atoms with Crippen LogP contribution in [0.4, 0.5) is 0 Å². The molecule has 12 nitrogen and oxygen atoms in total. The van der Waals surface area contributed by atoms with Gasteiger partial charge in [0.05, 0.1) is 54.5 Å². The van der Waals surface area contributed by atoms with Crippen molar-refractivity contribution >= 4 is 23.6 Å². The Balaban J connectivity index is 1.75. The zero-order valence-corrected chi connectivity index (χ0v) is 26.7. The third-order valence-electron chi connectivity index (χ3n) is 8.89. The van der Waals surface area contributed by atoms with Gasteiger partial charge < -0.3 is 28.4 Å². The number of ether oxygens (including phenoxy) is 6. The van der Waals surface area contributed by atoms with Crippen molar-refractivity contribution in [1.82, 2.24) is 9.80 Å². The maximum atomic E-state index is 14.5. The minimum absolute atomic E-state index is 0.197. The molecule has 0 atom stereocenters. The summed E-state index contributed by atoms with van der Waals surface area (Å²) in [6.07, 6.45) is 7.22. The molecule has 0 radical (unpaired) electrons. The fourth-order valence-corrected chi connectivity index (χ4v) is 6.75. The summed E-state index contributed by atoms with van der Waals surface area (Å²) in [5.74, 6) is -3.13. The van der Waals surface area contributed by atoms with Crippen LogP contribution in [0.3, 0.4) is 0 Å². The zero-order chi connectivity index (χ0) is 33.1. The average Bonchev–Trinajstić information content (AvgIpc) is 3.06. The highest BCUT2D eigenvalue weighted by Crippen LogP contribution is 2.61. The minimum Gasteiger partial charge on any atom is -0.493 e. The summed E-state index contributed by atoms with van der Waals surface area (Å²) in [5.41, 5.74) is 1.10. The van der Waals surface area contributed by atoms with Crippen LogP contribution in [-0.4, -0.2) is 89.2 Å². The Morgan fingerprint density at radius 1 is 0.565 bits per heavy atom. The molecule has 0 spiro atoms. The number of imide groups is 2. The van der Waals surface area contributed by atoms with Crippen molar-refractivity contribution in [2.45, 2.75) is 24.7 Å². The molecule has 2 aromatic rings. The van der Waals surface area contributed by atoms with Crippen molar-refractivity contribution in [2.75, 3.05) is 55.7 Å². The van der Waals surface area contributed by atoms with Crippen LogP contribution in [0.15, 0.2) is 48.6 Å². The van der Waals surface area contributed by atoms with Crippen molar-refractivity contribution < 1.29 is 47.6 Å². The lowest BCUT2D eigenvalue weighted by molar-refractivity contribution is -0.157. The first kappa shape index (κ1) is 32.4. The van der Waals surface area contributed by atoms with Gasteiger partial charge in [-0.1, -0.05) is 12.2 Å². The first-order valence-corrected chi connectivity index (χ1v) is 14.9. The van der Waals surface area contributed by atoms with E-state index in [2.05, 4.69) is 0 Å². The smallest absolute Gasteiger partial charge is 0.252 e. The summed E-state index contributed by atoms with van der Waals surface area (Å²) in [4.78, 5) is 57.5. The molecule has 4 amide bonds. The number of benzene rings is 2. The van der Waals surface area contributed by atoms with Crippen LogP contribution >= 0.6 is 0 Å². The van der Waals surface area contributed by atoms with Crippen molar-refractivity contribution in [1.29, 1.82) is 0 Å². The van der Waals surface area contributed by atoms with Gasteiger partial charge >= 0.3 is 0 Å². The van der Waals surface area contributed by atoms with E-state index in [9.17, 15) is 19.2 Å². The van der Waals surface area contributed by atoms with Gasteiger partial charge in [-0.15, -0.1) is 0 Å². The van der Waals surface area contributed by atoms with E-state index in [0.717, 1.165) is 0 Å². The second-order valence-corrected chi connectivity index (χ2v) is 11.1. The van der Waals surface area contributed by atoms with Crippen LogP contribution in [0.1, 0.15) is 35.8 Å². The Labute approximate surface area is 267 Å². The molecule has 2 aromatic carbocycles. The van der Waals surface area contributed by atoms with Crippen LogP contribution in [0, 0.1) is 11.8 Å². The molecule has 2 aliphatic heterocycles. The lowest BCUT2D eigenvalue weighted by Crippen LogP contribution is -2.59. The van der Waals surface area contributed by atoms with E-state index in [0.29, 0.717) is 58.5 Å². The summed E-state index contributed by atoms with van der Waals surface area (Å²) in [5, 5.41) is 0. The zero-order valence-electron chi connectivity index (χ0n) is 26.7. The fourth-order valence-electron chi connectivity index (χ4n) is 6.75. The molecule has 2 heterocycles. The van der Waals surface area contributed by atoms with Crippen LogP contribution < -0.4 is 28.4 Å². The number of rotatable bonds is 10. The molecule has 0 unspecified atom stereocenters. The second kappa shape index (κ2) is 13.6. The van der Waals surface area contributed by atoms with Crippen LogP contribution in [-0.2, 0) is 19.2 Å². The Morgan fingerprint density at radius 2 is 0.891 bits per heavy atom. The molecule has 0 aromatic heterocycles. The molecular weight excluding hydrogens is 596 g/mol. The van der Waals surface area contributed by atoms with E-state index < -0.39 is 47.3 Å². The number of carbonyl (C=O) groups is 4. The van der Waals surface area contributed by atoms with Crippen LogP contribution in [0.2, 0.25) is 0 Å². The van der Waals surface area contributed by atoms with E-state index >= 15 is 0 Å². The molecule has 3 aliphatic rings. The number of nitrogens with zero attached hydrogens (tertiary/aromatic N) is 2. The fraction of sp³-hybridized carbons (Fsp3) is 0.412. The molecule has 0 saturated heterocycles. The van der Waals surface area contributed by atoms with Gasteiger partial charge in [-0.05, 0) is 60.4 Å². The van der Waals surface area contributed by atoms with Gasteiger partial charge in [-0.25, -0.2) is 0 Å². The van der Waals surface area contributed by atoms with Gasteiger partial charge in [-0.2, -0.15) is 0 Å². The second-order valence-electron chi connectivity index (χ2n) is 11.1. The van der Waals surface area contributed by atoms with E-state index in [1.54, 1.807) is 36.4 Å². The summed E-state index contributed by atoms with van der Waals surface area (Å²) in [7, 11) is 8.86. The first-order chi connectivity index (χ1) is 22.2. The van der Waals surface area contributed by atoms with Gasteiger partial charge in [0.25, 0.3) is 11.8 Å². The molecule has 12 heteroatoms. The van der Waals surface area contributed by atoms with Crippen molar-refractivity contribution in [3.05, 3.63) is 59.7 Å². The topological polar surface area (TPSA) is 130 Å².